The topological polar surface area (TPSA) is 78.9 Å². The first kappa shape index (κ1) is 52.9. The summed E-state index contributed by atoms with van der Waals surface area (Å²) in [6.07, 6.45) is 48.8. The monoisotopic (exact) mass is 775 g/mol. The summed E-state index contributed by atoms with van der Waals surface area (Å²) in [5.74, 6) is -0.906. The van der Waals surface area contributed by atoms with Crippen molar-refractivity contribution in [2.24, 2.45) is 0 Å². The quantitative estimate of drug-likeness (QED) is 0.0266. The summed E-state index contributed by atoms with van der Waals surface area (Å²) in [4.78, 5) is 37.7. The molecule has 6 nitrogen and oxygen atoms in total. The predicted octanol–water partition coefficient (Wildman–Crippen LogP) is 15.2. The molecule has 0 spiro atoms. The van der Waals surface area contributed by atoms with E-state index in [1.165, 1.54) is 141 Å². The van der Waals surface area contributed by atoms with Gasteiger partial charge in [0.15, 0.2) is 6.10 Å². The Labute approximate surface area is 341 Å². The first-order chi connectivity index (χ1) is 27.0. The fraction of sp³-hybridized carbons (Fsp3) is 0.857. The van der Waals surface area contributed by atoms with Gasteiger partial charge in [0.2, 0.25) is 0 Å². The average Bonchev–Trinajstić information content (AvgIpc) is 3.18. The van der Waals surface area contributed by atoms with Crippen molar-refractivity contribution in [2.75, 3.05) is 13.2 Å². The van der Waals surface area contributed by atoms with Crippen LogP contribution in [0.1, 0.15) is 252 Å². The molecule has 0 fully saturated rings. The van der Waals surface area contributed by atoms with Crippen molar-refractivity contribution in [3.63, 3.8) is 0 Å². The molecule has 6 heteroatoms. The number of esters is 3. The predicted molar refractivity (Wildman–Crippen MR) is 233 cm³/mol. The summed E-state index contributed by atoms with van der Waals surface area (Å²) in [5, 5.41) is 0. The van der Waals surface area contributed by atoms with Gasteiger partial charge in [-0.1, -0.05) is 212 Å². The minimum Gasteiger partial charge on any atom is -0.462 e. The van der Waals surface area contributed by atoms with Crippen LogP contribution in [0.2, 0.25) is 0 Å². The van der Waals surface area contributed by atoms with Gasteiger partial charge in [-0.05, 0) is 44.9 Å². The zero-order valence-corrected chi connectivity index (χ0v) is 36.7. The second kappa shape index (κ2) is 44.6. The molecule has 1 unspecified atom stereocenters. The van der Waals surface area contributed by atoms with Crippen molar-refractivity contribution < 1.29 is 28.6 Å². The van der Waals surface area contributed by atoms with Crippen molar-refractivity contribution in [3.05, 3.63) is 24.3 Å². The Hall–Kier alpha value is -2.11. The number of rotatable bonds is 43. The maximum atomic E-state index is 12.7. The number of allylic oxidation sites excluding steroid dienone is 4. The highest BCUT2D eigenvalue weighted by atomic mass is 16.6. The molecule has 0 aromatic rings. The minimum atomic E-state index is -0.775. The lowest BCUT2D eigenvalue weighted by Gasteiger charge is -2.18. The van der Waals surface area contributed by atoms with Crippen LogP contribution in [0.3, 0.4) is 0 Å². The Bertz CT molecular complexity index is 896. The highest BCUT2D eigenvalue weighted by molar-refractivity contribution is 5.71. The first-order valence-corrected chi connectivity index (χ1v) is 23.8. The van der Waals surface area contributed by atoms with Gasteiger partial charge in [0, 0.05) is 19.3 Å². The first-order valence-electron chi connectivity index (χ1n) is 23.8. The normalized spacial score (nSPS) is 12.1. The third kappa shape index (κ3) is 42.9. The standard InChI is InChI=1S/C49H90O6/c1-4-7-10-13-16-19-21-23-25-27-30-33-36-39-42-48(51)54-45-46(44-53-47(50)41-38-35-32-29-18-15-12-9-6-3)55-49(52)43-40-37-34-31-28-26-24-22-20-17-14-11-8-5-2/h9,12,18,29,46H,4-8,10-11,13-17,19-28,30-45H2,1-3H3/b12-9-,29-18-. The number of carbonyl (C=O) groups excluding carboxylic acids is 3. The van der Waals surface area contributed by atoms with Crippen LogP contribution in [-0.4, -0.2) is 37.2 Å². The van der Waals surface area contributed by atoms with Gasteiger partial charge in [-0.3, -0.25) is 14.4 Å². The Morgan fingerprint density at radius 1 is 0.382 bits per heavy atom. The van der Waals surface area contributed by atoms with Crippen LogP contribution in [-0.2, 0) is 28.6 Å². The summed E-state index contributed by atoms with van der Waals surface area (Å²) in [6.45, 7) is 6.50. The molecule has 55 heavy (non-hydrogen) atoms. The van der Waals surface area contributed by atoms with Gasteiger partial charge < -0.3 is 14.2 Å². The average molecular weight is 775 g/mol. The summed E-state index contributed by atoms with van der Waals surface area (Å²) in [7, 11) is 0. The largest absolute Gasteiger partial charge is 0.462 e. The van der Waals surface area contributed by atoms with E-state index in [0.29, 0.717) is 19.3 Å². The SMILES string of the molecule is CC/C=C\C/C=C\CCCCC(=O)OCC(COC(=O)CCCCCCCCCCCCCCCC)OC(=O)CCCCCCCCCCCCCCCC. The molecule has 0 aromatic carbocycles. The molecule has 0 saturated carbocycles. The number of carbonyl (C=O) groups is 3. The maximum Gasteiger partial charge on any atom is 0.306 e. The summed E-state index contributed by atoms with van der Waals surface area (Å²) >= 11 is 0. The Kier molecular flexibility index (Phi) is 42.9. The van der Waals surface area contributed by atoms with E-state index < -0.39 is 6.10 Å². The van der Waals surface area contributed by atoms with Crippen molar-refractivity contribution in [1.29, 1.82) is 0 Å². The van der Waals surface area contributed by atoms with Crippen molar-refractivity contribution in [3.8, 4) is 0 Å². The molecule has 0 aliphatic rings. The molecule has 0 N–H and O–H groups in total. The second-order valence-corrected chi connectivity index (χ2v) is 16.0. The van der Waals surface area contributed by atoms with E-state index in [1.807, 2.05) is 0 Å². The van der Waals surface area contributed by atoms with Gasteiger partial charge in [-0.15, -0.1) is 0 Å². The summed E-state index contributed by atoms with van der Waals surface area (Å²) < 4.78 is 16.7. The van der Waals surface area contributed by atoms with E-state index in [-0.39, 0.29) is 31.1 Å². The Morgan fingerprint density at radius 3 is 1.09 bits per heavy atom. The number of hydrogen-bond acceptors (Lipinski definition) is 6. The van der Waals surface area contributed by atoms with Gasteiger partial charge in [0.25, 0.3) is 0 Å². The van der Waals surface area contributed by atoms with Gasteiger partial charge in [0.05, 0.1) is 0 Å². The second-order valence-electron chi connectivity index (χ2n) is 16.0. The van der Waals surface area contributed by atoms with Gasteiger partial charge in [-0.25, -0.2) is 0 Å². The smallest absolute Gasteiger partial charge is 0.306 e. The maximum absolute atomic E-state index is 12.7. The summed E-state index contributed by atoms with van der Waals surface area (Å²) in [6, 6.07) is 0. The van der Waals surface area contributed by atoms with Crippen LogP contribution in [0.15, 0.2) is 24.3 Å². The van der Waals surface area contributed by atoms with Crippen molar-refractivity contribution in [1.82, 2.24) is 0 Å². The van der Waals surface area contributed by atoms with E-state index in [9.17, 15) is 14.4 Å². The Morgan fingerprint density at radius 2 is 0.709 bits per heavy atom. The van der Waals surface area contributed by atoms with Crippen LogP contribution < -0.4 is 0 Å². The number of unbranched alkanes of at least 4 members (excludes halogenated alkanes) is 28. The van der Waals surface area contributed by atoms with Gasteiger partial charge >= 0.3 is 17.9 Å². The molecule has 0 aliphatic carbocycles. The van der Waals surface area contributed by atoms with Crippen LogP contribution in [0.4, 0.5) is 0 Å². The van der Waals surface area contributed by atoms with E-state index in [2.05, 4.69) is 45.1 Å². The van der Waals surface area contributed by atoms with E-state index in [1.54, 1.807) is 0 Å². The van der Waals surface area contributed by atoms with E-state index in [0.717, 1.165) is 70.6 Å². The van der Waals surface area contributed by atoms with Crippen LogP contribution in [0, 0.1) is 0 Å². The number of ether oxygens (including phenoxy) is 3. The lowest BCUT2D eigenvalue weighted by atomic mass is 10.0. The lowest BCUT2D eigenvalue weighted by Crippen LogP contribution is -2.30. The molecule has 0 radical (unpaired) electrons. The molecule has 0 rings (SSSR count). The lowest BCUT2D eigenvalue weighted by molar-refractivity contribution is -0.167. The Balaban J connectivity index is 4.32. The molecule has 322 valence electrons. The molecule has 0 bridgehead atoms. The summed E-state index contributed by atoms with van der Waals surface area (Å²) in [5.41, 5.74) is 0. The molecule has 0 heterocycles. The highest BCUT2D eigenvalue weighted by Gasteiger charge is 2.19. The molecular weight excluding hydrogens is 685 g/mol. The van der Waals surface area contributed by atoms with Gasteiger partial charge in [-0.2, -0.15) is 0 Å². The molecule has 0 amide bonds. The van der Waals surface area contributed by atoms with Crippen LogP contribution in [0.25, 0.3) is 0 Å². The molecular formula is C49H90O6. The minimum absolute atomic E-state index is 0.0769. The fourth-order valence-electron chi connectivity index (χ4n) is 6.89. The van der Waals surface area contributed by atoms with Gasteiger partial charge in [0.1, 0.15) is 13.2 Å². The van der Waals surface area contributed by atoms with Crippen LogP contribution in [0.5, 0.6) is 0 Å². The molecule has 1 atom stereocenters. The third-order valence-corrected chi connectivity index (χ3v) is 10.5. The van der Waals surface area contributed by atoms with E-state index >= 15 is 0 Å². The number of hydrogen-bond donors (Lipinski definition) is 0. The van der Waals surface area contributed by atoms with Crippen molar-refractivity contribution >= 4 is 17.9 Å². The zero-order chi connectivity index (χ0) is 40.1. The van der Waals surface area contributed by atoms with E-state index in [4.69, 9.17) is 14.2 Å². The van der Waals surface area contributed by atoms with Crippen molar-refractivity contribution in [2.45, 2.75) is 258 Å². The third-order valence-electron chi connectivity index (χ3n) is 10.5. The fourth-order valence-corrected chi connectivity index (χ4v) is 6.89. The molecule has 0 saturated heterocycles. The highest BCUT2D eigenvalue weighted by Crippen LogP contribution is 2.16. The molecule has 0 aliphatic heterocycles. The molecule has 0 aromatic heterocycles. The van der Waals surface area contributed by atoms with Crippen LogP contribution >= 0.6 is 0 Å². The zero-order valence-electron chi connectivity index (χ0n) is 36.7.